The predicted molar refractivity (Wildman–Crippen MR) is 104 cm³/mol. The molecule has 2 fully saturated rings. The molecule has 0 amide bonds. The van der Waals surface area contributed by atoms with Gasteiger partial charge in [0.05, 0.1) is 0 Å². The molecule has 2 saturated carbocycles. The third kappa shape index (κ3) is 7.18. The highest BCUT2D eigenvalue weighted by molar-refractivity contribution is 4.82. The highest BCUT2D eigenvalue weighted by Crippen LogP contribution is 2.43. The van der Waals surface area contributed by atoms with Crippen LogP contribution < -0.4 is 0 Å². The summed E-state index contributed by atoms with van der Waals surface area (Å²) in [4.78, 5) is 0. The van der Waals surface area contributed by atoms with Gasteiger partial charge in [0.25, 0.3) is 0 Å². The van der Waals surface area contributed by atoms with Crippen LogP contribution in [-0.2, 0) is 0 Å². The van der Waals surface area contributed by atoms with Gasteiger partial charge in [0.15, 0.2) is 0 Å². The first-order chi connectivity index (χ1) is 11.3. The van der Waals surface area contributed by atoms with Gasteiger partial charge in [-0.2, -0.15) is 0 Å². The summed E-state index contributed by atoms with van der Waals surface area (Å²) in [6, 6.07) is 0. The SMILES string of the molecule is CCCCCCCC1CCC([C@@H]2CCC[C@@H](CCCC)C2)CC1. The van der Waals surface area contributed by atoms with Gasteiger partial charge in [0.1, 0.15) is 0 Å². The van der Waals surface area contributed by atoms with Crippen LogP contribution in [0, 0.1) is 23.7 Å². The normalized spacial score (nSPS) is 32.1. The lowest BCUT2D eigenvalue weighted by Crippen LogP contribution is -2.26. The lowest BCUT2D eigenvalue weighted by molar-refractivity contribution is 0.132. The quantitative estimate of drug-likeness (QED) is 0.356. The Morgan fingerprint density at radius 3 is 2.00 bits per heavy atom. The molecule has 0 aromatic rings. The minimum Gasteiger partial charge on any atom is -0.0654 e. The first kappa shape index (κ1) is 19.3. The van der Waals surface area contributed by atoms with Crippen LogP contribution in [-0.4, -0.2) is 0 Å². The molecule has 0 bridgehead atoms. The smallest absolute Gasteiger partial charge is 0.0383 e. The molecule has 0 heterocycles. The van der Waals surface area contributed by atoms with E-state index >= 15 is 0 Å². The molecule has 2 aliphatic rings. The molecule has 0 aromatic carbocycles. The Kier molecular flexibility index (Phi) is 9.69. The molecule has 0 aromatic heterocycles. The molecule has 2 rings (SSSR count). The van der Waals surface area contributed by atoms with Gasteiger partial charge in [0.2, 0.25) is 0 Å². The Morgan fingerprint density at radius 1 is 0.565 bits per heavy atom. The summed E-state index contributed by atoms with van der Waals surface area (Å²) >= 11 is 0. The molecule has 0 unspecified atom stereocenters. The van der Waals surface area contributed by atoms with E-state index in [1.165, 1.54) is 57.8 Å². The maximum Gasteiger partial charge on any atom is -0.0383 e. The standard InChI is InChI=1S/C23H44/c1-3-5-7-8-9-12-20-15-17-22(18-16-20)23-14-10-13-21(19-23)11-6-4-2/h20-23H,3-19H2,1-2H3/t20?,21-,22?,23-/m1/s1. The van der Waals surface area contributed by atoms with Crippen LogP contribution in [0.5, 0.6) is 0 Å². The molecule has 0 aliphatic heterocycles. The Labute approximate surface area is 147 Å². The zero-order chi connectivity index (χ0) is 16.3. The summed E-state index contributed by atoms with van der Waals surface area (Å²) < 4.78 is 0. The Hall–Kier alpha value is 0. The van der Waals surface area contributed by atoms with Crippen molar-refractivity contribution in [1.82, 2.24) is 0 Å². The van der Waals surface area contributed by atoms with Crippen molar-refractivity contribution in [1.29, 1.82) is 0 Å². The summed E-state index contributed by atoms with van der Waals surface area (Å²) in [6.45, 7) is 4.67. The third-order valence-electron chi connectivity index (χ3n) is 7.06. The second-order valence-corrected chi connectivity index (χ2v) is 8.92. The minimum atomic E-state index is 1.09. The van der Waals surface area contributed by atoms with E-state index in [4.69, 9.17) is 0 Å². The summed E-state index contributed by atoms with van der Waals surface area (Å²) in [5.74, 6) is 4.39. The largest absolute Gasteiger partial charge is 0.0654 e. The predicted octanol–water partition coefficient (Wildman–Crippen LogP) is 8.15. The molecular formula is C23H44. The van der Waals surface area contributed by atoms with Gasteiger partial charge >= 0.3 is 0 Å². The Morgan fingerprint density at radius 2 is 1.26 bits per heavy atom. The van der Waals surface area contributed by atoms with Crippen molar-refractivity contribution in [3.05, 3.63) is 0 Å². The Bertz CT molecular complexity index is 274. The van der Waals surface area contributed by atoms with Gasteiger partial charge in [-0.25, -0.2) is 0 Å². The average molecular weight is 321 g/mol. The second kappa shape index (κ2) is 11.5. The Balaban J connectivity index is 1.60. The van der Waals surface area contributed by atoms with Gasteiger partial charge in [-0.05, 0) is 42.9 Å². The molecule has 0 saturated heterocycles. The van der Waals surface area contributed by atoms with E-state index in [1.807, 2.05) is 0 Å². The van der Waals surface area contributed by atoms with Crippen LogP contribution in [0.3, 0.4) is 0 Å². The maximum atomic E-state index is 2.35. The maximum absolute atomic E-state index is 2.35. The first-order valence-electron chi connectivity index (χ1n) is 11.3. The molecule has 23 heavy (non-hydrogen) atoms. The van der Waals surface area contributed by atoms with E-state index in [9.17, 15) is 0 Å². The topological polar surface area (TPSA) is 0 Å². The molecule has 0 nitrogen and oxygen atoms in total. The van der Waals surface area contributed by atoms with Gasteiger partial charge in [-0.3, -0.25) is 0 Å². The van der Waals surface area contributed by atoms with Crippen molar-refractivity contribution in [2.75, 3.05) is 0 Å². The average Bonchev–Trinajstić information content (AvgIpc) is 2.60. The van der Waals surface area contributed by atoms with Gasteiger partial charge in [0, 0.05) is 0 Å². The second-order valence-electron chi connectivity index (χ2n) is 8.92. The highest BCUT2D eigenvalue weighted by Gasteiger charge is 2.31. The summed E-state index contributed by atoms with van der Waals surface area (Å²) in [7, 11) is 0. The van der Waals surface area contributed by atoms with Gasteiger partial charge in [-0.15, -0.1) is 0 Å². The van der Waals surface area contributed by atoms with Crippen molar-refractivity contribution in [3.8, 4) is 0 Å². The van der Waals surface area contributed by atoms with Crippen molar-refractivity contribution in [2.24, 2.45) is 23.7 Å². The fraction of sp³-hybridized carbons (Fsp3) is 1.00. The van der Waals surface area contributed by atoms with E-state index in [0.717, 1.165) is 23.7 Å². The van der Waals surface area contributed by atoms with E-state index < -0.39 is 0 Å². The van der Waals surface area contributed by atoms with Crippen LogP contribution in [0.4, 0.5) is 0 Å². The van der Waals surface area contributed by atoms with Crippen molar-refractivity contribution in [2.45, 2.75) is 123 Å². The fourth-order valence-electron chi connectivity index (χ4n) is 5.50. The summed E-state index contributed by atoms with van der Waals surface area (Å²) in [5, 5.41) is 0. The van der Waals surface area contributed by atoms with E-state index in [1.54, 1.807) is 51.4 Å². The molecule has 0 spiro atoms. The van der Waals surface area contributed by atoms with Gasteiger partial charge in [-0.1, -0.05) is 104 Å². The molecule has 0 N–H and O–H groups in total. The molecule has 0 radical (unpaired) electrons. The zero-order valence-corrected chi connectivity index (χ0v) is 16.3. The van der Waals surface area contributed by atoms with Crippen molar-refractivity contribution < 1.29 is 0 Å². The highest BCUT2D eigenvalue weighted by atomic mass is 14.4. The number of unbranched alkanes of at least 4 members (excludes halogenated alkanes) is 5. The molecule has 0 heteroatoms. The van der Waals surface area contributed by atoms with Crippen LogP contribution in [0.2, 0.25) is 0 Å². The molecule has 2 atom stereocenters. The molecule has 2 aliphatic carbocycles. The third-order valence-corrected chi connectivity index (χ3v) is 7.06. The first-order valence-corrected chi connectivity index (χ1v) is 11.3. The molecule has 136 valence electrons. The zero-order valence-electron chi connectivity index (χ0n) is 16.3. The van der Waals surface area contributed by atoms with Crippen molar-refractivity contribution in [3.63, 3.8) is 0 Å². The van der Waals surface area contributed by atoms with E-state index in [2.05, 4.69) is 13.8 Å². The van der Waals surface area contributed by atoms with Crippen LogP contribution in [0.25, 0.3) is 0 Å². The molecular weight excluding hydrogens is 276 g/mol. The van der Waals surface area contributed by atoms with Crippen LogP contribution >= 0.6 is 0 Å². The van der Waals surface area contributed by atoms with Crippen molar-refractivity contribution >= 4 is 0 Å². The lowest BCUT2D eigenvalue weighted by Gasteiger charge is -2.38. The van der Waals surface area contributed by atoms with E-state index in [0.29, 0.717) is 0 Å². The summed E-state index contributed by atoms with van der Waals surface area (Å²) in [6.07, 6.45) is 25.8. The van der Waals surface area contributed by atoms with Crippen LogP contribution in [0.15, 0.2) is 0 Å². The monoisotopic (exact) mass is 320 g/mol. The summed E-state index contributed by atoms with van der Waals surface area (Å²) in [5.41, 5.74) is 0. The lowest BCUT2D eigenvalue weighted by atomic mass is 9.67. The number of hydrogen-bond acceptors (Lipinski definition) is 0. The minimum absolute atomic E-state index is 1.09. The van der Waals surface area contributed by atoms with Crippen LogP contribution in [0.1, 0.15) is 123 Å². The number of rotatable bonds is 10. The number of hydrogen-bond donors (Lipinski definition) is 0. The fourth-order valence-corrected chi connectivity index (χ4v) is 5.50. The van der Waals surface area contributed by atoms with E-state index in [-0.39, 0.29) is 0 Å². The van der Waals surface area contributed by atoms with Gasteiger partial charge < -0.3 is 0 Å².